The molecule has 0 unspecified atom stereocenters. The second kappa shape index (κ2) is 7.16. The second-order valence-electron chi connectivity index (χ2n) is 7.32. The van der Waals surface area contributed by atoms with E-state index in [1.54, 1.807) is 0 Å². The van der Waals surface area contributed by atoms with Crippen molar-refractivity contribution in [2.24, 2.45) is 7.05 Å². The van der Waals surface area contributed by atoms with Crippen molar-refractivity contribution in [3.63, 3.8) is 0 Å². The number of hydrogen-bond donors (Lipinski definition) is 0. The number of likely N-dealkylation sites (tertiary alicyclic amines) is 2. The number of ether oxygens (including phenoxy) is 1. The number of aryl methyl sites for hydroxylation is 1. The summed E-state index contributed by atoms with van der Waals surface area (Å²) < 4.78 is 8.51. The van der Waals surface area contributed by atoms with Crippen molar-refractivity contribution in [1.29, 1.82) is 0 Å². The van der Waals surface area contributed by atoms with E-state index in [1.165, 1.54) is 63.0 Å². The van der Waals surface area contributed by atoms with Crippen molar-refractivity contribution < 1.29 is 4.74 Å². The average molecular weight is 327 g/mol. The highest BCUT2D eigenvalue weighted by atomic mass is 16.5. The van der Waals surface area contributed by atoms with Crippen LogP contribution in [0.5, 0.6) is 5.75 Å². The van der Waals surface area contributed by atoms with Crippen molar-refractivity contribution in [3.8, 4) is 5.75 Å². The topological polar surface area (TPSA) is 20.6 Å². The Bertz CT molecular complexity index is 667. The van der Waals surface area contributed by atoms with Crippen LogP contribution in [0.25, 0.3) is 10.9 Å². The van der Waals surface area contributed by atoms with Crippen LogP contribution in [0.4, 0.5) is 0 Å². The Morgan fingerprint density at radius 1 is 0.958 bits per heavy atom. The van der Waals surface area contributed by atoms with Crippen molar-refractivity contribution in [1.82, 2.24) is 14.4 Å². The van der Waals surface area contributed by atoms with Crippen molar-refractivity contribution in [2.75, 3.05) is 39.3 Å². The predicted octanol–water partition coefficient (Wildman–Crippen LogP) is 3.12. The molecule has 0 aliphatic carbocycles. The van der Waals surface area contributed by atoms with E-state index in [1.807, 2.05) is 0 Å². The van der Waals surface area contributed by atoms with Gasteiger partial charge in [-0.2, -0.15) is 0 Å². The van der Waals surface area contributed by atoms with E-state index in [2.05, 4.69) is 51.9 Å². The SMILES string of the molecule is Cn1ccc2c(OC3CCN(CCN4CCCC4)CC3)cccc21. The molecule has 0 bridgehead atoms. The number of rotatable bonds is 5. The van der Waals surface area contributed by atoms with Crippen molar-refractivity contribution in [2.45, 2.75) is 31.8 Å². The van der Waals surface area contributed by atoms with Gasteiger partial charge in [-0.1, -0.05) is 6.07 Å². The lowest BCUT2D eigenvalue weighted by atomic mass is 10.1. The van der Waals surface area contributed by atoms with Crippen molar-refractivity contribution in [3.05, 3.63) is 30.5 Å². The molecule has 4 rings (SSSR count). The Kier molecular flexibility index (Phi) is 4.76. The van der Waals surface area contributed by atoms with E-state index in [0.717, 1.165) is 18.6 Å². The third kappa shape index (κ3) is 3.45. The molecule has 0 N–H and O–H groups in total. The minimum atomic E-state index is 0.360. The fourth-order valence-electron chi connectivity index (χ4n) is 4.10. The highest BCUT2D eigenvalue weighted by Gasteiger charge is 2.22. The summed E-state index contributed by atoms with van der Waals surface area (Å²) in [6, 6.07) is 8.53. The standard InChI is InChI=1S/C20H29N3O/c1-21-12-9-18-19(21)5-4-6-20(18)24-17-7-13-23(14-8-17)16-15-22-10-2-3-11-22/h4-6,9,12,17H,2-3,7-8,10-11,13-16H2,1H3. The molecule has 2 saturated heterocycles. The van der Waals surface area contributed by atoms with Gasteiger partial charge in [0.05, 0.1) is 5.52 Å². The molecule has 2 aromatic rings. The molecule has 0 amide bonds. The van der Waals surface area contributed by atoms with Gasteiger partial charge in [0.25, 0.3) is 0 Å². The molecule has 2 aliphatic rings. The van der Waals surface area contributed by atoms with Gasteiger partial charge in [0.15, 0.2) is 0 Å². The molecule has 1 aromatic carbocycles. The molecule has 0 saturated carbocycles. The predicted molar refractivity (Wildman–Crippen MR) is 98.7 cm³/mol. The number of hydrogen-bond acceptors (Lipinski definition) is 3. The van der Waals surface area contributed by atoms with Crippen LogP contribution < -0.4 is 4.74 Å². The lowest BCUT2D eigenvalue weighted by molar-refractivity contribution is 0.0960. The Balaban J connectivity index is 1.29. The first-order valence-electron chi connectivity index (χ1n) is 9.45. The van der Waals surface area contributed by atoms with Gasteiger partial charge >= 0.3 is 0 Å². The van der Waals surface area contributed by atoms with Crippen molar-refractivity contribution >= 4 is 10.9 Å². The van der Waals surface area contributed by atoms with Crippen LogP contribution in [-0.2, 0) is 7.05 Å². The lowest BCUT2D eigenvalue weighted by Crippen LogP contribution is -2.41. The van der Waals surface area contributed by atoms with Gasteiger partial charge in [-0.15, -0.1) is 0 Å². The fraction of sp³-hybridized carbons (Fsp3) is 0.600. The molecule has 0 atom stereocenters. The Labute approximate surface area is 145 Å². The Hall–Kier alpha value is -1.52. The monoisotopic (exact) mass is 327 g/mol. The lowest BCUT2D eigenvalue weighted by Gasteiger charge is -2.33. The minimum Gasteiger partial charge on any atom is -0.490 e. The maximum atomic E-state index is 6.36. The van der Waals surface area contributed by atoms with Gasteiger partial charge in [0.2, 0.25) is 0 Å². The first-order chi connectivity index (χ1) is 11.8. The number of fused-ring (bicyclic) bond motifs is 1. The molecule has 2 fully saturated rings. The average Bonchev–Trinajstić information content (AvgIpc) is 3.25. The molecule has 2 aliphatic heterocycles. The quantitative estimate of drug-likeness (QED) is 0.842. The highest BCUT2D eigenvalue weighted by Crippen LogP contribution is 2.28. The maximum Gasteiger partial charge on any atom is 0.129 e. The van der Waals surface area contributed by atoms with Crippen LogP contribution in [0.2, 0.25) is 0 Å². The first kappa shape index (κ1) is 16.0. The van der Waals surface area contributed by atoms with Gasteiger partial charge in [-0.3, -0.25) is 0 Å². The van der Waals surface area contributed by atoms with Crippen LogP contribution in [0.15, 0.2) is 30.5 Å². The summed E-state index contributed by atoms with van der Waals surface area (Å²) in [5, 5.41) is 1.23. The second-order valence-corrected chi connectivity index (χ2v) is 7.32. The largest absolute Gasteiger partial charge is 0.490 e. The molecular weight excluding hydrogens is 298 g/mol. The third-order valence-electron chi connectivity index (χ3n) is 5.65. The van der Waals surface area contributed by atoms with E-state index in [-0.39, 0.29) is 0 Å². The first-order valence-corrected chi connectivity index (χ1v) is 9.45. The van der Waals surface area contributed by atoms with Gasteiger partial charge in [0.1, 0.15) is 11.9 Å². The summed E-state index contributed by atoms with van der Waals surface area (Å²) in [5.74, 6) is 1.05. The summed E-state index contributed by atoms with van der Waals surface area (Å²) >= 11 is 0. The van der Waals surface area contributed by atoms with Crippen LogP contribution >= 0.6 is 0 Å². The number of piperidine rings is 1. The van der Waals surface area contributed by atoms with Crippen LogP contribution in [-0.4, -0.2) is 59.7 Å². The van der Waals surface area contributed by atoms with E-state index in [4.69, 9.17) is 4.74 Å². The number of benzene rings is 1. The van der Waals surface area contributed by atoms with Crippen LogP contribution in [0.3, 0.4) is 0 Å². The summed E-state index contributed by atoms with van der Waals surface area (Å²) in [7, 11) is 2.09. The third-order valence-corrected chi connectivity index (χ3v) is 5.65. The minimum absolute atomic E-state index is 0.360. The molecule has 130 valence electrons. The summed E-state index contributed by atoms with van der Waals surface area (Å²) in [6.45, 7) is 7.42. The zero-order valence-corrected chi connectivity index (χ0v) is 14.8. The molecule has 3 heterocycles. The number of aromatic nitrogens is 1. The summed E-state index contributed by atoms with van der Waals surface area (Å²) in [5.41, 5.74) is 1.25. The molecule has 4 nitrogen and oxygen atoms in total. The number of nitrogens with zero attached hydrogens (tertiary/aromatic N) is 3. The van der Waals surface area contributed by atoms with Gasteiger partial charge in [0, 0.05) is 44.8 Å². The fourth-order valence-corrected chi connectivity index (χ4v) is 4.10. The molecule has 0 spiro atoms. The van der Waals surface area contributed by atoms with E-state index >= 15 is 0 Å². The molecule has 0 radical (unpaired) electrons. The normalized spacial score (nSPS) is 20.9. The van der Waals surface area contributed by atoms with E-state index < -0.39 is 0 Å². The van der Waals surface area contributed by atoms with E-state index in [0.29, 0.717) is 6.10 Å². The Morgan fingerprint density at radius 3 is 2.42 bits per heavy atom. The zero-order valence-electron chi connectivity index (χ0n) is 14.8. The highest BCUT2D eigenvalue weighted by molar-refractivity contribution is 5.86. The Morgan fingerprint density at radius 2 is 1.67 bits per heavy atom. The molecular formula is C20H29N3O. The smallest absolute Gasteiger partial charge is 0.129 e. The zero-order chi connectivity index (χ0) is 16.4. The molecule has 4 heteroatoms. The molecule has 1 aromatic heterocycles. The summed E-state index contributed by atoms with van der Waals surface area (Å²) in [6.07, 6.45) is 7.53. The van der Waals surface area contributed by atoms with Gasteiger partial charge in [-0.25, -0.2) is 0 Å². The van der Waals surface area contributed by atoms with E-state index in [9.17, 15) is 0 Å². The maximum absolute atomic E-state index is 6.36. The molecule has 24 heavy (non-hydrogen) atoms. The summed E-state index contributed by atoms with van der Waals surface area (Å²) in [4.78, 5) is 5.22. The van der Waals surface area contributed by atoms with Gasteiger partial charge in [-0.05, 0) is 57.0 Å². The van der Waals surface area contributed by atoms with Crippen LogP contribution in [0.1, 0.15) is 25.7 Å². The van der Waals surface area contributed by atoms with Crippen LogP contribution in [0, 0.1) is 0 Å². The van der Waals surface area contributed by atoms with Gasteiger partial charge < -0.3 is 19.1 Å².